The zero-order chi connectivity index (χ0) is 13.1. The first kappa shape index (κ1) is 13.2. The molecule has 0 saturated heterocycles. The van der Waals surface area contributed by atoms with E-state index in [1.807, 2.05) is 30.1 Å². The summed E-state index contributed by atoms with van der Waals surface area (Å²) in [4.78, 5) is 15.2. The third-order valence-corrected chi connectivity index (χ3v) is 3.50. The van der Waals surface area contributed by atoms with Crippen LogP contribution in [0.25, 0.3) is 0 Å². The van der Waals surface area contributed by atoms with Gasteiger partial charge >= 0.3 is 0 Å². The van der Waals surface area contributed by atoms with Gasteiger partial charge in [0.15, 0.2) is 6.61 Å². The first-order valence-electron chi connectivity index (χ1n) is 5.88. The van der Waals surface area contributed by atoms with E-state index in [9.17, 15) is 4.79 Å². The molecule has 2 rings (SSSR count). The van der Waals surface area contributed by atoms with Crippen molar-refractivity contribution in [3.63, 3.8) is 0 Å². The first-order chi connectivity index (χ1) is 8.61. The average molecular weight is 269 g/mol. The highest BCUT2D eigenvalue weighted by Gasteiger charge is 2.22. The molecule has 0 saturated carbocycles. The van der Waals surface area contributed by atoms with Gasteiger partial charge in [-0.15, -0.1) is 11.6 Å². The number of halogens is 1. The van der Waals surface area contributed by atoms with E-state index in [0.717, 1.165) is 24.4 Å². The van der Waals surface area contributed by atoms with Crippen molar-refractivity contribution in [3.05, 3.63) is 23.8 Å². The molecule has 0 bridgehead atoms. The van der Waals surface area contributed by atoms with Crippen LogP contribution in [0.2, 0.25) is 0 Å². The minimum absolute atomic E-state index is 0.0162. The van der Waals surface area contributed by atoms with E-state index in [4.69, 9.17) is 16.3 Å². The Hall–Kier alpha value is -1.26. The molecule has 0 aromatic heterocycles. The fourth-order valence-electron chi connectivity index (χ4n) is 1.85. The second-order valence-corrected chi connectivity index (χ2v) is 4.73. The van der Waals surface area contributed by atoms with Crippen LogP contribution in [0.4, 0.5) is 5.69 Å². The highest BCUT2D eigenvalue weighted by atomic mass is 35.5. The summed E-state index contributed by atoms with van der Waals surface area (Å²) in [6.07, 6.45) is 0.901. The van der Waals surface area contributed by atoms with Gasteiger partial charge in [-0.2, -0.15) is 0 Å². The fourth-order valence-corrected chi connectivity index (χ4v) is 1.97. The van der Waals surface area contributed by atoms with Crippen LogP contribution in [0.1, 0.15) is 5.56 Å². The molecule has 0 N–H and O–H groups in total. The number of nitrogens with zero attached hydrogens (tertiary/aromatic N) is 2. The predicted molar refractivity (Wildman–Crippen MR) is 72.4 cm³/mol. The van der Waals surface area contributed by atoms with E-state index in [1.165, 1.54) is 5.56 Å². The van der Waals surface area contributed by atoms with Crippen molar-refractivity contribution in [2.45, 2.75) is 6.42 Å². The lowest BCUT2D eigenvalue weighted by molar-refractivity contribution is -0.120. The number of likely N-dealkylation sites (N-methyl/N-ethyl adjacent to an activating group) is 2. The van der Waals surface area contributed by atoms with Crippen molar-refractivity contribution in [2.75, 3.05) is 38.2 Å². The van der Waals surface area contributed by atoms with Gasteiger partial charge < -0.3 is 9.64 Å². The molecule has 4 nitrogen and oxygen atoms in total. The van der Waals surface area contributed by atoms with Crippen molar-refractivity contribution in [1.29, 1.82) is 0 Å². The Morgan fingerprint density at radius 1 is 1.50 bits per heavy atom. The van der Waals surface area contributed by atoms with Gasteiger partial charge in [0.1, 0.15) is 5.75 Å². The Morgan fingerprint density at radius 3 is 3.00 bits per heavy atom. The number of alkyl halides is 1. The highest BCUT2D eigenvalue weighted by molar-refractivity contribution is 6.17. The molecule has 0 fully saturated rings. The summed E-state index contributed by atoms with van der Waals surface area (Å²) in [5, 5.41) is 0. The van der Waals surface area contributed by atoms with Crippen LogP contribution in [-0.4, -0.2) is 44.1 Å². The molecule has 1 aromatic rings. The van der Waals surface area contributed by atoms with Crippen LogP contribution in [-0.2, 0) is 11.2 Å². The highest BCUT2D eigenvalue weighted by Crippen LogP contribution is 2.32. The summed E-state index contributed by atoms with van der Waals surface area (Å²) in [6, 6.07) is 6.49. The minimum atomic E-state index is -0.0162. The largest absolute Gasteiger partial charge is 0.482 e. The third-order valence-electron chi connectivity index (χ3n) is 3.10. The Labute approximate surface area is 112 Å². The van der Waals surface area contributed by atoms with E-state index in [1.54, 1.807) is 11.9 Å². The number of carbonyl (C=O) groups excluding carboxylic acids is 1. The van der Waals surface area contributed by atoms with Crippen LogP contribution < -0.4 is 9.64 Å². The van der Waals surface area contributed by atoms with E-state index >= 15 is 0 Å². The predicted octanol–water partition coefficient (Wildman–Crippen LogP) is 1.71. The van der Waals surface area contributed by atoms with Gasteiger partial charge in [0, 0.05) is 13.6 Å². The fraction of sp³-hybridized carbons (Fsp3) is 0.462. The van der Waals surface area contributed by atoms with Crippen molar-refractivity contribution in [1.82, 2.24) is 4.90 Å². The molecule has 1 aromatic carbocycles. The summed E-state index contributed by atoms with van der Waals surface area (Å²) in [7, 11) is 3.75. The minimum Gasteiger partial charge on any atom is -0.482 e. The number of hydrogen-bond donors (Lipinski definition) is 0. The van der Waals surface area contributed by atoms with E-state index in [-0.39, 0.29) is 12.5 Å². The molecule has 98 valence electrons. The molecule has 0 atom stereocenters. The van der Waals surface area contributed by atoms with Gasteiger partial charge in [-0.1, -0.05) is 6.07 Å². The van der Waals surface area contributed by atoms with Gasteiger partial charge in [-0.25, -0.2) is 0 Å². The summed E-state index contributed by atoms with van der Waals surface area (Å²) in [5.41, 5.74) is 2.02. The Kier molecular flexibility index (Phi) is 4.09. The van der Waals surface area contributed by atoms with Crippen LogP contribution in [0, 0.1) is 0 Å². The molecule has 5 heteroatoms. The van der Waals surface area contributed by atoms with Crippen molar-refractivity contribution < 1.29 is 9.53 Å². The van der Waals surface area contributed by atoms with Gasteiger partial charge in [0.25, 0.3) is 5.91 Å². The molecule has 18 heavy (non-hydrogen) atoms. The summed E-state index contributed by atoms with van der Waals surface area (Å²) < 4.78 is 5.39. The van der Waals surface area contributed by atoms with Crippen LogP contribution in [0.15, 0.2) is 18.2 Å². The van der Waals surface area contributed by atoms with Crippen molar-refractivity contribution >= 4 is 23.2 Å². The summed E-state index contributed by atoms with van der Waals surface area (Å²) in [6.45, 7) is 1.01. The molecule has 0 aliphatic carbocycles. The van der Waals surface area contributed by atoms with Crippen molar-refractivity contribution in [2.24, 2.45) is 0 Å². The molecule has 1 heterocycles. The number of benzene rings is 1. The second kappa shape index (κ2) is 5.59. The lowest BCUT2D eigenvalue weighted by Crippen LogP contribution is -2.35. The maximum atomic E-state index is 11.6. The number of hydrogen-bond acceptors (Lipinski definition) is 3. The van der Waals surface area contributed by atoms with Crippen LogP contribution >= 0.6 is 11.6 Å². The molecule has 1 aliphatic rings. The SMILES string of the molecule is CN(CCl)CCc1ccc2c(c1)N(C)C(=O)CO2. The topological polar surface area (TPSA) is 32.8 Å². The van der Waals surface area contributed by atoms with Gasteiger partial charge in [0.2, 0.25) is 0 Å². The van der Waals surface area contributed by atoms with Gasteiger partial charge in [-0.05, 0) is 31.2 Å². The molecule has 0 radical (unpaired) electrons. The number of rotatable bonds is 4. The Balaban J connectivity index is 2.13. The molecular weight excluding hydrogens is 252 g/mol. The molecule has 1 aliphatic heterocycles. The Morgan fingerprint density at radius 2 is 2.28 bits per heavy atom. The summed E-state index contributed by atoms with van der Waals surface area (Å²) >= 11 is 5.73. The van der Waals surface area contributed by atoms with E-state index in [2.05, 4.69) is 0 Å². The summed E-state index contributed by atoms with van der Waals surface area (Å²) in [5.74, 6) is 0.754. The zero-order valence-corrected chi connectivity index (χ0v) is 11.4. The maximum Gasteiger partial charge on any atom is 0.264 e. The number of fused-ring (bicyclic) bond motifs is 1. The van der Waals surface area contributed by atoms with E-state index < -0.39 is 0 Å². The molecule has 1 amide bonds. The molecular formula is C13H17ClN2O2. The Bertz CT molecular complexity index is 451. The lowest BCUT2D eigenvalue weighted by Gasteiger charge is -2.26. The van der Waals surface area contributed by atoms with Gasteiger partial charge in [-0.3, -0.25) is 9.69 Å². The van der Waals surface area contributed by atoms with Crippen molar-refractivity contribution in [3.8, 4) is 5.75 Å². The molecule has 0 unspecified atom stereocenters. The number of anilines is 1. The first-order valence-corrected chi connectivity index (χ1v) is 6.42. The standard InChI is InChI=1S/C13H17ClN2O2/c1-15(9-14)6-5-10-3-4-12-11(7-10)16(2)13(17)8-18-12/h3-4,7H,5-6,8-9H2,1-2H3. The van der Waals surface area contributed by atoms with Crippen LogP contribution in [0.3, 0.4) is 0 Å². The lowest BCUT2D eigenvalue weighted by atomic mass is 10.1. The number of carbonyl (C=O) groups is 1. The second-order valence-electron chi connectivity index (χ2n) is 4.49. The molecule has 0 spiro atoms. The van der Waals surface area contributed by atoms with Crippen LogP contribution in [0.5, 0.6) is 5.75 Å². The maximum absolute atomic E-state index is 11.6. The smallest absolute Gasteiger partial charge is 0.264 e. The van der Waals surface area contributed by atoms with Gasteiger partial charge in [0.05, 0.1) is 11.7 Å². The quantitative estimate of drug-likeness (QED) is 0.616. The third kappa shape index (κ3) is 2.76. The monoisotopic (exact) mass is 268 g/mol. The van der Waals surface area contributed by atoms with E-state index in [0.29, 0.717) is 6.00 Å². The zero-order valence-electron chi connectivity index (χ0n) is 10.6. The average Bonchev–Trinajstić information content (AvgIpc) is 2.40. The normalized spacial score (nSPS) is 14.7. The number of ether oxygens (including phenoxy) is 1. The number of amides is 1.